The van der Waals surface area contributed by atoms with Crippen molar-refractivity contribution in [3.63, 3.8) is 0 Å². The molecule has 2 heterocycles. The third-order valence-electron chi connectivity index (χ3n) is 6.52. The minimum Gasteiger partial charge on any atom is -0.486 e. The summed E-state index contributed by atoms with van der Waals surface area (Å²) in [5.74, 6) is 1.68. The molecule has 1 aromatic heterocycles. The molecule has 2 aliphatic carbocycles. The second-order valence-electron chi connectivity index (χ2n) is 8.32. The maximum absolute atomic E-state index is 13.4. The predicted molar refractivity (Wildman–Crippen MR) is 115 cm³/mol. The summed E-state index contributed by atoms with van der Waals surface area (Å²) in [5, 5.41) is 3.60. The molecule has 1 saturated carbocycles. The molecular weight excluding hydrogens is 394 g/mol. The van der Waals surface area contributed by atoms with Gasteiger partial charge in [-0.3, -0.25) is 9.59 Å². The number of allylic oxidation sites excluding steroid dienone is 2. The molecule has 2 aromatic carbocycles. The highest BCUT2D eigenvalue weighted by molar-refractivity contribution is 5.94. The number of para-hydroxylation sites is 1. The Hall–Kier alpha value is -3.61. The van der Waals surface area contributed by atoms with Crippen LogP contribution in [0.5, 0.6) is 11.5 Å². The third-order valence-corrected chi connectivity index (χ3v) is 6.52. The quantitative estimate of drug-likeness (QED) is 0.641. The molecule has 0 radical (unpaired) electrons. The molecule has 2 bridgehead atoms. The zero-order chi connectivity index (χ0) is 20.9. The first-order valence-electron chi connectivity index (χ1n) is 10.6. The molecule has 6 rings (SSSR count). The van der Waals surface area contributed by atoms with Crippen molar-refractivity contribution in [3.8, 4) is 11.5 Å². The van der Waals surface area contributed by atoms with Crippen molar-refractivity contribution in [2.75, 3.05) is 18.5 Å². The molecule has 4 atom stereocenters. The van der Waals surface area contributed by atoms with E-state index in [0.717, 1.165) is 6.42 Å². The zero-order valence-electron chi connectivity index (χ0n) is 16.7. The SMILES string of the molecule is O=C(Nc1ccc2c(c1)OCCO2)[C@H]1[C@H](c2nc3ccccc3c(=O)[nH]2)[C@@H]2C=C[C@H]1C2. The van der Waals surface area contributed by atoms with Crippen molar-refractivity contribution in [2.45, 2.75) is 12.3 Å². The first-order valence-corrected chi connectivity index (χ1v) is 10.6. The highest BCUT2D eigenvalue weighted by Gasteiger charge is 2.50. The van der Waals surface area contributed by atoms with E-state index in [2.05, 4.69) is 22.5 Å². The molecule has 156 valence electrons. The van der Waals surface area contributed by atoms with Gasteiger partial charge in [-0.2, -0.15) is 0 Å². The summed E-state index contributed by atoms with van der Waals surface area (Å²) >= 11 is 0. The average molecular weight is 415 g/mol. The zero-order valence-corrected chi connectivity index (χ0v) is 16.7. The van der Waals surface area contributed by atoms with Crippen LogP contribution < -0.4 is 20.3 Å². The Bertz CT molecular complexity index is 1280. The van der Waals surface area contributed by atoms with E-state index in [1.54, 1.807) is 12.1 Å². The molecule has 1 fully saturated rings. The summed E-state index contributed by atoms with van der Waals surface area (Å²) in [6, 6.07) is 12.7. The van der Waals surface area contributed by atoms with Crippen LogP contribution in [0.15, 0.2) is 59.4 Å². The highest BCUT2D eigenvalue weighted by atomic mass is 16.6. The van der Waals surface area contributed by atoms with Crippen LogP contribution in [-0.4, -0.2) is 29.1 Å². The Morgan fingerprint density at radius 1 is 1.03 bits per heavy atom. The summed E-state index contributed by atoms with van der Waals surface area (Å²) in [5.41, 5.74) is 1.15. The van der Waals surface area contributed by atoms with E-state index in [4.69, 9.17) is 14.5 Å². The van der Waals surface area contributed by atoms with E-state index in [1.807, 2.05) is 30.3 Å². The standard InChI is InChI=1S/C24H21N3O4/c28-23-16-3-1-2-4-17(16)26-22(27-23)20-13-5-6-14(11-13)21(20)24(29)25-15-7-8-18-19(12-15)31-10-9-30-18/h1-8,12-14,20-21H,9-11H2,(H,25,29)(H,26,27,28)/t13-,14+,20-,21-/m1/s1. The van der Waals surface area contributed by atoms with E-state index in [0.29, 0.717) is 47.1 Å². The lowest BCUT2D eigenvalue weighted by molar-refractivity contribution is -0.121. The topological polar surface area (TPSA) is 93.3 Å². The number of nitrogens with one attached hydrogen (secondary N) is 2. The number of carbonyl (C=O) groups excluding carboxylic acids is 1. The van der Waals surface area contributed by atoms with E-state index >= 15 is 0 Å². The van der Waals surface area contributed by atoms with Crippen LogP contribution in [0.1, 0.15) is 18.2 Å². The summed E-state index contributed by atoms with van der Waals surface area (Å²) in [4.78, 5) is 33.7. The minimum atomic E-state index is -0.299. The van der Waals surface area contributed by atoms with Crippen molar-refractivity contribution < 1.29 is 14.3 Å². The monoisotopic (exact) mass is 415 g/mol. The average Bonchev–Trinajstić information content (AvgIpc) is 3.41. The molecule has 0 saturated heterocycles. The fourth-order valence-corrected chi connectivity index (χ4v) is 5.16. The van der Waals surface area contributed by atoms with Gasteiger partial charge in [-0.1, -0.05) is 24.3 Å². The number of hydrogen-bond acceptors (Lipinski definition) is 5. The van der Waals surface area contributed by atoms with Crippen LogP contribution >= 0.6 is 0 Å². The van der Waals surface area contributed by atoms with Gasteiger partial charge in [0.15, 0.2) is 11.5 Å². The van der Waals surface area contributed by atoms with Crippen molar-refractivity contribution in [3.05, 3.63) is 70.8 Å². The van der Waals surface area contributed by atoms with E-state index in [-0.39, 0.29) is 35.1 Å². The smallest absolute Gasteiger partial charge is 0.258 e. The van der Waals surface area contributed by atoms with Crippen LogP contribution in [0.25, 0.3) is 10.9 Å². The van der Waals surface area contributed by atoms with Crippen LogP contribution in [0.3, 0.4) is 0 Å². The Morgan fingerprint density at radius 3 is 2.74 bits per heavy atom. The van der Waals surface area contributed by atoms with Crippen LogP contribution in [0, 0.1) is 17.8 Å². The molecule has 7 heteroatoms. The maximum Gasteiger partial charge on any atom is 0.258 e. The Balaban J connectivity index is 1.33. The number of aromatic amines is 1. The summed E-state index contributed by atoms with van der Waals surface area (Å²) in [6.45, 7) is 1.01. The number of hydrogen-bond donors (Lipinski definition) is 2. The molecule has 0 unspecified atom stereocenters. The van der Waals surface area contributed by atoms with Gasteiger partial charge in [0.1, 0.15) is 19.0 Å². The first kappa shape index (κ1) is 18.2. The highest BCUT2D eigenvalue weighted by Crippen LogP contribution is 2.52. The molecular formula is C24H21N3O4. The fourth-order valence-electron chi connectivity index (χ4n) is 5.16. The lowest BCUT2D eigenvalue weighted by atomic mass is 9.81. The van der Waals surface area contributed by atoms with Gasteiger partial charge in [-0.15, -0.1) is 0 Å². The normalized spacial score (nSPS) is 25.7. The van der Waals surface area contributed by atoms with Gasteiger partial charge in [0, 0.05) is 17.7 Å². The second-order valence-corrected chi connectivity index (χ2v) is 8.32. The van der Waals surface area contributed by atoms with Crippen molar-refractivity contribution >= 4 is 22.5 Å². The summed E-state index contributed by atoms with van der Waals surface area (Å²) in [6.07, 6.45) is 5.16. The number of ether oxygens (including phenoxy) is 2. The number of fused-ring (bicyclic) bond motifs is 4. The van der Waals surface area contributed by atoms with E-state index in [9.17, 15) is 9.59 Å². The number of benzene rings is 2. The van der Waals surface area contributed by atoms with Gasteiger partial charge in [-0.05, 0) is 42.5 Å². The molecule has 1 aliphatic heterocycles. The lowest BCUT2D eigenvalue weighted by Crippen LogP contribution is -2.33. The predicted octanol–water partition coefficient (Wildman–Crippen LogP) is 3.24. The molecule has 3 aliphatic rings. The Morgan fingerprint density at radius 2 is 1.84 bits per heavy atom. The minimum absolute atomic E-state index is 0.0747. The summed E-state index contributed by atoms with van der Waals surface area (Å²) < 4.78 is 11.2. The van der Waals surface area contributed by atoms with Crippen molar-refractivity contribution in [1.29, 1.82) is 0 Å². The largest absolute Gasteiger partial charge is 0.486 e. The Kier molecular flexibility index (Phi) is 4.09. The lowest BCUT2D eigenvalue weighted by Gasteiger charge is -2.27. The number of rotatable bonds is 3. The van der Waals surface area contributed by atoms with Gasteiger partial charge in [0.25, 0.3) is 5.56 Å². The fraction of sp³-hybridized carbons (Fsp3) is 0.292. The number of nitrogens with zero attached hydrogens (tertiary/aromatic N) is 1. The second kappa shape index (κ2) is 6.97. The van der Waals surface area contributed by atoms with Crippen molar-refractivity contribution in [1.82, 2.24) is 9.97 Å². The number of anilines is 1. The molecule has 1 amide bonds. The third kappa shape index (κ3) is 3.00. The Labute approximate surface area is 178 Å². The molecule has 2 N–H and O–H groups in total. The first-order chi connectivity index (χ1) is 15.2. The number of H-pyrrole nitrogens is 1. The van der Waals surface area contributed by atoms with Crippen LogP contribution in [0.4, 0.5) is 5.69 Å². The van der Waals surface area contributed by atoms with Gasteiger partial charge < -0.3 is 19.8 Å². The van der Waals surface area contributed by atoms with Crippen LogP contribution in [-0.2, 0) is 4.79 Å². The molecule has 31 heavy (non-hydrogen) atoms. The van der Waals surface area contributed by atoms with E-state index < -0.39 is 0 Å². The molecule has 0 spiro atoms. The van der Waals surface area contributed by atoms with Gasteiger partial charge in [0.05, 0.1) is 16.8 Å². The van der Waals surface area contributed by atoms with E-state index in [1.165, 1.54) is 0 Å². The van der Waals surface area contributed by atoms with Gasteiger partial charge in [0.2, 0.25) is 5.91 Å². The van der Waals surface area contributed by atoms with Gasteiger partial charge in [-0.25, -0.2) is 4.98 Å². The van der Waals surface area contributed by atoms with Crippen LogP contribution in [0.2, 0.25) is 0 Å². The molecule has 7 nitrogen and oxygen atoms in total. The number of carbonyl (C=O) groups is 1. The maximum atomic E-state index is 13.4. The number of aromatic nitrogens is 2. The van der Waals surface area contributed by atoms with Gasteiger partial charge >= 0.3 is 0 Å². The molecule has 3 aromatic rings. The van der Waals surface area contributed by atoms with Crippen molar-refractivity contribution in [2.24, 2.45) is 17.8 Å². The summed E-state index contributed by atoms with van der Waals surface area (Å²) in [7, 11) is 0. The number of amides is 1.